The highest BCUT2D eigenvalue weighted by molar-refractivity contribution is 5.98. The van der Waals surface area contributed by atoms with Crippen molar-refractivity contribution in [2.45, 2.75) is 58.7 Å². The molecule has 1 fully saturated rings. The van der Waals surface area contributed by atoms with Crippen LogP contribution in [0.4, 0.5) is 0 Å². The molecule has 0 saturated carbocycles. The molecule has 1 aromatic heterocycles. The zero-order chi connectivity index (χ0) is 19.3. The first kappa shape index (κ1) is 20.2. The number of amides is 2. The number of aromatic nitrogens is 1. The molecule has 7 heteroatoms. The molecule has 1 saturated heterocycles. The topological polar surface area (TPSA) is 100 Å². The van der Waals surface area contributed by atoms with Crippen LogP contribution in [0.1, 0.15) is 50.9 Å². The molecular weight excluding hydrogens is 334 g/mol. The molecule has 0 aliphatic carbocycles. The summed E-state index contributed by atoms with van der Waals surface area (Å²) in [6.07, 6.45) is 4.19. The SMILES string of the molecule is CC(C)C(C)CCC(NC(=O)c1cc[nH]c1)C(=O)N[C@@H]1C(=O)CO[C@H]1C. The lowest BCUT2D eigenvalue weighted by Crippen LogP contribution is -2.53. The first-order valence-corrected chi connectivity index (χ1v) is 9.18. The molecule has 2 rings (SSSR count). The number of Topliss-reactive ketones (excluding diaryl/α,β-unsaturated/α-hetero) is 1. The van der Waals surface area contributed by atoms with Crippen LogP contribution in [0.25, 0.3) is 0 Å². The van der Waals surface area contributed by atoms with Gasteiger partial charge in [0.1, 0.15) is 18.7 Å². The molecule has 7 nitrogen and oxygen atoms in total. The zero-order valence-corrected chi connectivity index (χ0v) is 15.9. The maximum atomic E-state index is 12.7. The monoisotopic (exact) mass is 363 g/mol. The van der Waals surface area contributed by atoms with E-state index in [1.807, 2.05) is 0 Å². The van der Waals surface area contributed by atoms with Crippen LogP contribution in [0, 0.1) is 11.8 Å². The van der Waals surface area contributed by atoms with Crippen LogP contribution in [0.3, 0.4) is 0 Å². The van der Waals surface area contributed by atoms with Crippen molar-refractivity contribution in [2.24, 2.45) is 11.8 Å². The van der Waals surface area contributed by atoms with Crippen molar-refractivity contribution in [1.82, 2.24) is 15.6 Å². The van der Waals surface area contributed by atoms with Gasteiger partial charge in [0.05, 0.1) is 11.7 Å². The summed E-state index contributed by atoms with van der Waals surface area (Å²) in [5, 5.41) is 5.54. The lowest BCUT2D eigenvalue weighted by Gasteiger charge is -2.23. The van der Waals surface area contributed by atoms with Crippen molar-refractivity contribution in [3.05, 3.63) is 24.0 Å². The van der Waals surface area contributed by atoms with Gasteiger partial charge < -0.3 is 20.4 Å². The Morgan fingerprint density at radius 1 is 1.31 bits per heavy atom. The lowest BCUT2D eigenvalue weighted by molar-refractivity contribution is -0.127. The number of aromatic amines is 1. The van der Waals surface area contributed by atoms with Crippen LogP contribution in [-0.4, -0.2) is 47.4 Å². The number of ether oxygens (including phenoxy) is 1. The summed E-state index contributed by atoms with van der Waals surface area (Å²) < 4.78 is 5.27. The summed E-state index contributed by atoms with van der Waals surface area (Å²) in [6.45, 7) is 8.16. The molecule has 2 heterocycles. The number of hydrogen-bond acceptors (Lipinski definition) is 4. The van der Waals surface area contributed by atoms with Crippen LogP contribution >= 0.6 is 0 Å². The van der Waals surface area contributed by atoms with E-state index in [1.54, 1.807) is 25.4 Å². The predicted octanol–water partition coefficient (Wildman–Crippen LogP) is 1.66. The van der Waals surface area contributed by atoms with E-state index in [1.165, 1.54) is 0 Å². The van der Waals surface area contributed by atoms with Gasteiger partial charge in [-0.05, 0) is 37.7 Å². The third-order valence-electron chi connectivity index (χ3n) is 5.13. The fourth-order valence-corrected chi connectivity index (χ4v) is 2.85. The average Bonchev–Trinajstić information content (AvgIpc) is 3.23. The fraction of sp³-hybridized carbons (Fsp3) is 0.632. The van der Waals surface area contributed by atoms with Gasteiger partial charge in [0.2, 0.25) is 5.91 Å². The van der Waals surface area contributed by atoms with Crippen molar-refractivity contribution in [2.75, 3.05) is 6.61 Å². The van der Waals surface area contributed by atoms with E-state index in [0.29, 0.717) is 23.8 Å². The van der Waals surface area contributed by atoms with Crippen molar-refractivity contribution >= 4 is 17.6 Å². The molecule has 2 unspecified atom stereocenters. The lowest BCUT2D eigenvalue weighted by atomic mass is 9.91. The highest BCUT2D eigenvalue weighted by atomic mass is 16.5. The van der Waals surface area contributed by atoms with Crippen LogP contribution in [-0.2, 0) is 14.3 Å². The van der Waals surface area contributed by atoms with Gasteiger partial charge in [0.25, 0.3) is 5.91 Å². The number of carbonyl (C=O) groups excluding carboxylic acids is 3. The van der Waals surface area contributed by atoms with E-state index < -0.39 is 12.1 Å². The minimum Gasteiger partial charge on any atom is -0.368 e. The van der Waals surface area contributed by atoms with Gasteiger partial charge >= 0.3 is 0 Å². The summed E-state index contributed by atoms with van der Waals surface area (Å²) in [6, 6.07) is 0.299. The Labute approximate surface area is 154 Å². The van der Waals surface area contributed by atoms with E-state index in [9.17, 15) is 14.4 Å². The third kappa shape index (κ3) is 5.17. The Hall–Kier alpha value is -2.15. The largest absolute Gasteiger partial charge is 0.368 e. The van der Waals surface area contributed by atoms with Crippen molar-refractivity contribution < 1.29 is 19.1 Å². The van der Waals surface area contributed by atoms with Crippen molar-refractivity contribution in [3.8, 4) is 0 Å². The summed E-state index contributed by atoms with van der Waals surface area (Å²) in [4.78, 5) is 39.8. The van der Waals surface area contributed by atoms with Crippen LogP contribution in [0.5, 0.6) is 0 Å². The summed E-state index contributed by atoms with van der Waals surface area (Å²) in [7, 11) is 0. The number of rotatable bonds is 8. The number of H-pyrrole nitrogens is 1. The second kappa shape index (κ2) is 8.98. The maximum absolute atomic E-state index is 12.7. The Balaban J connectivity index is 2.04. The molecule has 0 bridgehead atoms. The molecule has 26 heavy (non-hydrogen) atoms. The highest BCUT2D eigenvalue weighted by Gasteiger charge is 2.35. The Morgan fingerprint density at radius 2 is 2.04 bits per heavy atom. The van der Waals surface area contributed by atoms with E-state index >= 15 is 0 Å². The molecular formula is C19H29N3O4. The van der Waals surface area contributed by atoms with Crippen LogP contribution < -0.4 is 10.6 Å². The molecule has 3 N–H and O–H groups in total. The van der Waals surface area contributed by atoms with Gasteiger partial charge in [0, 0.05) is 12.4 Å². The second-order valence-corrected chi connectivity index (χ2v) is 7.39. The maximum Gasteiger partial charge on any atom is 0.253 e. The zero-order valence-electron chi connectivity index (χ0n) is 15.9. The third-order valence-corrected chi connectivity index (χ3v) is 5.13. The number of ketones is 1. The molecule has 1 aliphatic heterocycles. The van der Waals surface area contributed by atoms with Crippen molar-refractivity contribution in [3.63, 3.8) is 0 Å². The fourth-order valence-electron chi connectivity index (χ4n) is 2.85. The summed E-state index contributed by atoms with van der Waals surface area (Å²) in [5.41, 5.74) is 0.466. The number of carbonyl (C=O) groups is 3. The van der Waals surface area contributed by atoms with E-state index in [-0.39, 0.29) is 30.3 Å². The quantitative estimate of drug-likeness (QED) is 0.654. The smallest absolute Gasteiger partial charge is 0.253 e. The minimum absolute atomic E-state index is 0.0108. The van der Waals surface area contributed by atoms with Gasteiger partial charge in [-0.25, -0.2) is 0 Å². The van der Waals surface area contributed by atoms with Gasteiger partial charge in [-0.2, -0.15) is 0 Å². The minimum atomic E-state index is -0.695. The van der Waals surface area contributed by atoms with E-state index in [4.69, 9.17) is 4.74 Å². The first-order chi connectivity index (χ1) is 12.3. The first-order valence-electron chi connectivity index (χ1n) is 9.18. The molecule has 0 radical (unpaired) electrons. The molecule has 4 atom stereocenters. The Morgan fingerprint density at radius 3 is 2.58 bits per heavy atom. The Kier molecular flexibility index (Phi) is 6.97. The molecule has 1 aromatic rings. The standard InChI is InChI=1S/C19H29N3O4/c1-11(2)12(3)5-6-15(21-18(24)14-7-8-20-9-14)19(25)22-17-13(4)26-10-16(17)23/h7-9,11-13,15,17,20H,5-6,10H2,1-4H3,(H,21,24)(H,22,25)/t12?,13-,15?,17-/m0/s1. The predicted molar refractivity (Wildman–Crippen MR) is 97.6 cm³/mol. The molecule has 0 spiro atoms. The molecule has 0 aromatic carbocycles. The van der Waals surface area contributed by atoms with Gasteiger partial charge in [-0.1, -0.05) is 20.8 Å². The molecule has 1 aliphatic rings. The number of nitrogens with one attached hydrogen (secondary N) is 3. The van der Waals surface area contributed by atoms with Gasteiger partial charge in [-0.15, -0.1) is 0 Å². The van der Waals surface area contributed by atoms with Gasteiger partial charge in [0.15, 0.2) is 5.78 Å². The summed E-state index contributed by atoms with van der Waals surface area (Å²) in [5.74, 6) is 0.108. The second-order valence-electron chi connectivity index (χ2n) is 7.39. The highest BCUT2D eigenvalue weighted by Crippen LogP contribution is 2.18. The van der Waals surface area contributed by atoms with Crippen LogP contribution in [0.15, 0.2) is 18.5 Å². The van der Waals surface area contributed by atoms with E-state index in [0.717, 1.165) is 6.42 Å². The molecule has 144 valence electrons. The van der Waals surface area contributed by atoms with Gasteiger partial charge in [-0.3, -0.25) is 14.4 Å². The average molecular weight is 363 g/mol. The van der Waals surface area contributed by atoms with Crippen LogP contribution in [0.2, 0.25) is 0 Å². The number of hydrogen-bond donors (Lipinski definition) is 3. The Bertz CT molecular complexity index is 627. The van der Waals surface area contributed by atoms with E-state index in [2.05, 4.69) is 36.4 Å². The summed E-state index contributed by atoms with van der Waals surface area (Å²) >= 11 is 0. The normalized spacial score (nSPS) is 22.3. The van der Waals surface area contributed by atoms with Crippen molar-refractivity contribution in [1.29, 1.82) is 0 Å². The molecule has 2 amide bonds.